The van der Waals surface area contributed by atoms with Crippen LogP contribution in [0, 0.1) is 5.41 Å². The molecule has 3 atom stereocenters. The predicted molar refractivity (Wildman–Crippen MR) is 145 cm³/mol. The number of thiazole rings is 1. The van der Waals surface area contributed by atoms with Gasteiger partial charge in [0.25, 0.3) is 5.91 Å². The molecule has 0 saturated carbocycles. The molecule has 0 aliphatic carbocycles. The molecule has 2 aromatic heterocycles. The molecule has 0 spiro atoms. The predicted octanol–water partition coefficient (Wildman–Crippen LogP) is 0.902. The van der Waals surface area contributed by atoms with Crippen molar-refractivity contribution in [3.8, 4) is 0 Å². The van der Waals surface area contributed by atoms with Gasteiger partial charge in [-0.1, -0.05) is 28.3 Å². The van der Waals surface area contributed by atoms with Crippen LogP contribution in [0.2, 0.25) is 0 Å². The Morgan fingerprint density at radius 1 is 1.36 bits per heavy atom. The number of anilines is 1. The largest absolute Gasteiger partial charge is 0.481 e. The first kappa shape index (κ1) is 29.0. The highest BCUT2D eigenvalue weighted by atomic mass is 32.2. The van der Waals surface area contributed by atoms with Crippen molar-refractivity contribution in [2.24, 2.45) is 10.6 Å². The number of nitrogens with two attached hydrogens (primary N) is 1. The number of aromatic nitrogens is 3. The molecule has 4 N–H and O–H groups in total. The van der Waals surface area contributed by atoms with E-state index in [1.54, 1.807) is 26.3 Å². The molecule has 0 bridgehead atoms. The number of carbonyl (C=O) groups excluding carboxylic acids is 3. The summed E-state index contributed by atoms with van der Waals surface area (Å²) in [5, 5.41) is 25.3. The van der Waals surface area contributed by atoms with Gasteiger partial charge in [-0.05, 0) is 20.8 Å². The van der Waals surface area contributed by atoms with Gasteiger partial charge in [0.05, 0.1) is 0 Å². The molecule has 2 aliphatic rings. The molecule has 18 heteroatoms. The van der Waals surface area contributed by atoms with Crippen molar-refractivity contribution < 1.29 is 33.9 Å². The average molecular weight is 616 g/mol. The molecule has 39 heavy (non-hydrogen) atoms. The number of rotatable bonds is 10. The van der Waals surface area contributed by atoms with Crippen molar-refractivity contribution >= 4 is 80.8 Å². The van der Waals surface area contributed by atoms with Crippen LogP contribution in [0.5, 0.6) is 0 Å². The van der Waals surface area contributed by atoms with Gasteiger partial charge in [-0.2, -0.15) is 0 Å². The summed E-state index contributed by atoms with van der Waals surface area (Å²) >= 11 is 4.94. The van der Waals surface area contributed by atoms with Crippen LogP contribution in [0.3, 0.4) is 0 Å². The molecule has 210 valence electrons. The van der Waals surface area contributed by atoms with Gasteiger partial charge < -0.3 is 30.6 Å². The van der Waals surface area contributed by atoms with Gasteiger partial charge >= 0.3 is 11.9 Å². The normalized spacial score (nSPS) is 23.0. The van der Waals surface area contributed by atoms with Crippen molar-refractivity contribution in [2.75, 3.05) is 30.4 Å². The fourth-order valence-electron chi connectivity index (χ4n) is 3.66. The second-order valence-electron chi connectivity index (χ2n) is 9.57. The lowest BCUT2D eigenvalue weighted by Gasteiger charge is -2.53. The fraction of sp³-hybridized carbons (Fsp3) is 0.524. The van der Waals surface area contributed by atoms with Crippen molar-refractivity contribution in [2.45, 2.75) is 42.1 Å². The maximum atomic E-state index is 13.1. The zero-order valence-corrected chi connectivity index (χ0v) is 24.2. The monoisotopic (exact) mass is 615 g/mol. The van der Waals surface area contributed by atoms with Gasteiger partial charge in [-0.15, -0.1) is 33.3 Å². The quantitative estimate of drug-likeness (QED) is 0.112. The Balaban J connectivity index is 1.41. The highest BCUT2D eigenvalue weighted by Gasteiger charge is 2.57. The number of carboxylic acids is 1. The molecule has 4 heterocycles. The summed E-state index contributed by atoms with van der Waals surface area (Å²) in [6, 6.07) is -0.905. The topological polar surface area (TPSA) is 199 Å². The van der Waals surface area contributed by atoms with E-state index in [0.29, 0.717) is 4.34 Å². The number of oxime groups is 1. The molecule has 14 nitrogen and oxygen atoms in total. The number of amides is 2. The minimum atomic E-state index is -1.18. The van der Waals surface area contributed by atoms with E-state index in [1.807, 2.05) is 0 Å². The van der Waals surface area contributed by atoms with E-state index in [9.17, 15) is 24.3 Å². The number of β-lactam (4-membered cyclic amide) rings is 1. The number of hydrogen-bond acceptors (Lipinski definition) is 15. The highest BCUT2D eigenvalue weighted by Crippen LogP contribution is 2.44. The first-order valence-corrected chi connectivity index (χ1v) is 15.2. The van der Waals surface area contributed by atoms with E-state index < -0.39 is 52.8 Å². The maximum absolute atomic E-state index is 13.1. The Kier molecular flexibility index (Phi) is 8.67. The summed E-state index contributed by atoms with van der Waals surface area (Å²) < 4.78 is 5.80. The summed E-state index contributed by atoms with van der Waals surface area (Å²) in [5.74, 6) is -2.42. The number of esters is 1. The van der Waals surface area contributed by atoms with E-state index in [4.69, 9.17) is 15.3 Å². The summed E-state index contributed by atoms with van der Waals surface area (Å²) in [5.41, 5.74) is 5.20. The lowest BCUT2D eigenvalue weighted by atomic mass is 9.89. The smallest absolute Gasteiger partial charge is 0.347 e. The Hall–Kier alpha value is -2.96. The molecule has 0 aromatic carbocycles. The minimum Gasteiger partial charge on any atom is -0.481 e. The van der Waals surface area contributed by atoms with Crippen LogP contribution >= 0.6 is 46.2 Å². The number of carboxylic acid groups (broad SMARTS) is 1. The first-order chi connectivity index (χ1) is 18.4. The maximum Gasteiger partial charge on any atom is 0.347 e. The average Bonchev–Trinajstić information content (AvgIpc) is 3.54. The number of carbonyl (C=O) groups is 4. The molecule has 2 aromatic rings. The summed E-state index contributed by atoms with van der Waals surface area (Å²) in [6.45, 7) is 4.55. The highest BCUT2D eigenvalue weighted by molar-refractivity contribution is 8.01. The van der Waals surface area contributed by atoms with Crippen molar-refractivity contribution in [3.63, 3.8) is 0 Å². The number of nitrogen functional groups attached to an aromatic ring is 1. The van der Waals surface area contributed by atoms with Crippen LogP contribution in [-0.4, -0.2) is 96.3 Å². The Bertz CT molecular complexity index is 1280. The van der Waals surface area contributed by atoms with Gasteiger partial charge in [0.15, 0.2) is 15.2 Å². The third-order valence-electron chi connectivity index (χ3n) is 5.44. The molecule has 4 rings (SSSR count). The van der Waals surface area contributed by atoms with E-state index in [2.05, 4.69) is 25.7 Å². The molecular weight excluding hydrogens is 591 g/mol. The second kappa shape index (κ2) is 11.6. The van der Waals surface area contributed by atoms with Crippen molar-refractivity contribution in [1.29, 1.82) is 0 Å². The third kappa shape index (κ3) is 6.79. The van der Waals surface area contributed by atoms with Crippen molar-refractivity contribution in [1.82, 2.24) is 25.4 Å². The number of fused-ring (bicyclic) bond motifs is 1. The van der Waals surface area contributed by atoms with Gasteiger partial charge in [0, 0.05) is 23.4 Å². The van der Waals surface area contributed by atoms with Crippen molar-refractivity contribution in [3.05, 3.63) is 16.6 Å². The lowest BCUT2D eigenvalue weighted by molar-refractivity contribution is -0.160. The SMILES string of the molecule is CC(C)(C)OC(=O)CON=C(C(=O)NC1C(=O)N2CC(CSc3nncs3)(C(=O)O)CS[C@H]12)c1csc(N)n1. The molecule has 2 saturated heterocycles. The first-order valence-electron chi connectivity index (χ1n) is 11.4. The van der Waals surface area contributed by atoms with Crippen LogP contribution in [0.25, 0.3) is 0 Å². The molecule has 2 amide bonds. The second-order valence-corrected chi connectivity index (χ2v) is 13.6. The fourth-order valence-corrected chi connectivity index (χ4v) is 7.56. The van der Waals surface area contributed by atoms with Crippen LogP contribution in [0.15, 0.2) is 20.4 Å². The van der Waals surface area contributed by atoms with E-state index in [1.165, 1.54) is 45.1 Å². The lowest BCUT2D eigenvalue weighted by Crippen LogP contribution is -2.74. The number of aliphatic carboxylic acids is 1. The summed E-state index contributed by atoms with van der Waals surface area (Å²) in [7, 11) is 0. The Morgan fingerprint density at radius 2 is 2.13 bits per heavy atom. The number of nitrogens with one attached hydrogen (secondary N) is 1. The molecular formula is C21H25N7O7S4. The number of hydrogen-bond donors (Lipinski definition) is 3. The van der Waals surface area contributed by atoms with Gasteiger partial charge in [0.2, 0.25) is 12.5 Å². The van der Waals surface area contributed by atoms with Gasteiger partial charge in [-0.25, -0.2) is 9.78 Å². The molecule has 2 fully saturated rings. The van der Waals surface area contributed by atoms with E-state index >= 15 is 0 Å². The van der Waals surface area contributed by atoms with Gasteiger partial charge in [-0.3, -0.25) is 14.4 Å². The molecule has 2 aliphatic heterocycles. The standard InChI is InChI=1S/C21H25N7O7S4/c1-20(2,3)35-11(29)4-34-27-12(10-5-36-18(22)24-10)14(30)25-13-15(31)28-6-21(17(32)33,7-37-16(13)28)8-38-19-26-23-9-39-19/h5,9,13,16H,4,6-8H2,1-3H3,(H2,22,24)(H,25,30)(H,32,33)/t13?,16-,21?/m1/s1. The number of thioether (sulfide) groups is 2. The van der Waals surface area contributed by atoms with Crippen LogP contribution in [0.4, 0.5) is 5.13 Å². The summed E-state index contributed by atoms with van der Waals surface area (Å²) in [4.78, 5) is 60.9. The zero-order valence-electron chi connectivity index (χ0n) is 21.0. The Labute approximate surface area is 239 Å². The third-order valence-corrected chi connectivity index (χ3v) is 9.85. The van der Waals surface area contributed by atoms with Crippen LogP contribution < -0.4 is 11.1 Å². The van der Waals surface area contributed by atoms with Crippen LogP contribution in [0.1, 0.15) is 26.5 Å². The van der Waals surface area contributed by atoms with Crippen LogP contribution in [-0.2, 0) is 28.8 Å². The molecule has 0 radical (unpaired) electrons. The summed E-state index contributed by atoms with van der Waals surface area (Å²) in [6.07, 6.45) is 0. The van der Waals surface area contributed by atoms with Gasteiger partial charge in [0.1, 0.15) is 33.6 Å². The van der Waals surface area contributed by atoms with E-state index in [-0.39, 0.29) is 34.6 Å². The Morgan fingerprint density at radius 3 is 2.74 bits per heavy atom. The minimum absolute atomic E-state index is 0.000423. The zero-order chi connectivity index (χ0) is 28.4. The molecule has 2 unspecified atom stereocenters. The number of ether oxygens (including phenoxy) is 1. The van der Waals surface area contributed by atoms with E-state index in [0.717, 1.165) is 11.3 Å². The number of nitrogens with zero attached hydrogens (tertiary/aromatic N) is 5.